The van der Waals surface area contributed by atoms with Crippen LogP contribution in [0.15, 0.2) is 0 Å². The second-order valence-electron chi connectivity index (χ2n) is 0.448. The first-order chi connectivity index (χ1) is 2.00. The van der Waals surface area contributed by atoms with Crippen molar-refractivity contribution in [3.05, 3.63) is 30.8 Å². The molecule has 0 bridgehead atoms. The number of nitrogens with two attached hydrogens (primary N) is 5. The molecule has 0 aromatic carbocycles. The van der Waals surface area contributed by atoms with Crippen molar-refractivity contribution in [3.8, 4) is 0 Å². The Morgan fingerprint density at radius 3 is 0.750 bits per heavy atom. The van der Waals surface area contributed by atoms with Gasteiger partial charge in [-0.3, -0.25) is 9.11 Å². The molecule has 12 heavy (non-hydrogen) atoms. The van der Waals surface area contributed by atoms with Crippen molar-refractivity contribution in [1.82, 2.24) is 0 Å². The molecule has 0 amide bonds. The van der Waals surface area contributed by atoms with Gasteiger partial charge in [-0.05, 0) is 0 Å². The van der Waals surface area contributed by atoms with Crippen molar-refractivity contribution in [2.75, 3.05) is 0 Å². The van der Waals surface area contributed by atoms with Gasteiger partial charge in [-0.15, -0.1) is 0 Å². The van der Waals surface area contributed by atoms with E-state index >= 15 is 0 Å². The summed E-state index contributed by atoms with van der Waals surface area (Å²) in [5.74, 6) is 0. The smallest absolute Gasteiger partial charge is 0.693 e. The standard InChI is InChI=1S/Co.5H2N.H2O4S.H2O/c;;;;;;1-5(2,3)4;/h;5*1H2;(H2,1,2,3,4);1H2/q+3;5*-1;;. The molecular formula is H14CoN5O5S-2. The van der Waals surface area contributed by atoms with Crippen LogP contribution in [0.5, 0.6) is 0 Å². The van der Waals surface area contributed by atoms with Crippen LogP contribution < -0.4 is 0 Å². The summed E-state index contributed by atoms with van der Waals surface area (Å²) < 4.78 is 31.6. The van der Waals surface area contributed by atoms with Gasteiger partial charge in [-0.2, -0.15) is 8.42 Å². The summed E-state index contributed by atoms with van der Waals surface area (Å²) in [5, 5.41) is 0. The molecule has 12 heteroatoms. The molecule has 0 saturated heterocycles. The van der Waals surface area contributed by atoms with Crippen molar-refractivity contribution in [1.29, 1.82) is 0 Å². The van der Waals surface area contributed by atoms with Crippen molar-refractivity contribution in [2.45, 2.75) is 0 Å². The van der Waals surface area contributed by atoms with E-state index in [1.54, 1.807) is 0 Å². The average molecular weight is 255 g/mol. The van der Waals surface area contributed by atoms with E-state index in [4.69, 9.17) is 17.5 Å². The minimum Gasteiger partial charge on any atom is -0.693 e. The Labute approximate surface area is 81.5 Å². The van der Waals surface area contributed by atoms with E-state index in [2.05, 4.69) is 0 Å². The van der Waals surface area contributed by atoms with E-state index in [-0.39, 0.29) is 53.0 Å². The Kier molecular flexibility index (Phi) is 223. The minimum absolute atomic E-state index is 0. The third-order valence-electron chi connectivity index (χ3n) is 0. The fraction of sp³-hybridized carbons (Fsp3) is 0. The first kappa shape index (κ1) is 88.0. The topological polar surface area (TPSA) is 274 Å². The Hall–Kier alpha value is 0.136. The van der Waals surface area contributed by atoms with Crippen molar-refractivity contribution < 1.29 is 39.8 Å². The van der Waals surface area contributed by atoms with E-state index in [1.807, 2.05) is 0 Å². The Bertz CT molecular complexity index is 103. The van der Waals surface area contributed by atoms with Gasteiger partial charge in [-0.25, -0.2) is 0 Å². The van der Waals surface area contributed by atoms with Crippen LogP contribution in [0.4, 0.5) is 0 Å². The van der Waals surface area contributed by atoms with Crippen LogP contribution in [0.25, 0.3) is 30.8 Å². The van der Waals surface area contributed by atoms with Crippen LogP contribution in [-0.2, 0) is 27.2 Å². The molecule has 0 aromatic heterocycles. The largest absolute Gasteiger partial charge is 3.00 e. The Morgan fingerprint density at radius 1 is 0.750 bits per heavy atom. The van der Waals surface area contributed by atoms with Crippen LogP contribution >= 0.6 is 0 Å². The number of hydrogen-bond donors (Lipinski definition) is 2. The third kappa shape index (κ3) is 45400. The van der Waals surface area contributed by atoms with Crippen molar-refractivity contribution in [2.24, 2.45) is 0 Å². The predicted octanol–water partition coefficient (Wildman–Crippen LogP) is 2.11. The molecule has 0 aliphatic rings. The summed E-state index contributed by atoms with van der Waals surface area (Å²) in [6.45, 7) is 0. The third-order valence-corrected chi connectivity index (χ3v) is 0. The van der Waals surface area contributed by atoms with Gasteiger partial charge in [0.2, 0.25) is 0 Å². The summed E-state index contributed by atoms with van der Waals surface area (Å²) >= 11 is 0. The van der Waals surface area contributed by atoms with Crippen LogP contribution in [0, 0.1) is 0 Å². The quantitative estimate of drug-likeness (QED) is 0.614. The molecule has 0 heterocycles. The summed E-state index contributed by atoms with van der Waals surface area (Å²) in [4.78, 5) is 0. The maximum atomic E-state index is 8.74. The van der Waals surface area contributed by atoms with Gasteiger partial charge in [0.05, 0.1) is 0 Å². The van der Waals surface area contributed by atoms with Gasteiger partial charge in [0.15, 0.2) is 0 Å². The molecule has 0 aromatic rings. The minimum atomic E-state index is -4.67. The second kappa shape index (κ2) is 30.4. The maximum Gasteiger partial charge on any atom is 3.00 e. The van der Waals surface area contributed by atoms with E-state index in [9.17, 15) is 0 Å². The first-order valence-electron chi connectivity index (χ1n) is 0.698. The molecule has 0 atom stereocenters. The Balaban J connectivity index is -0.00000000381. The van der Waals surface area contributed by atoms with Gasteiger partial charge in [0.25, 0.3) is 0 Å². The van der Waals surface area contributed by atoms with Gasteiger partial charge in [-0.1, -0.05) is 0 Å². The summed E-state index contributed by atoms with van der Waals surface area (Å²) in [7, 11) is -4.67. The van der Waals surface area contributed by atoms with Gasteiger partial charge < -0.3 is 36.2 Å². The molecule has 0 aliphatic carbocycles. The number of hydrogen-bond acceptors (Lipinski definition) is 2. The molecule has 0 aliphatic heterocycles. The zero-order valence-electron chi connectivity index (χ0n) is 5.84. The van der Waals surface area contributed by atoms with Crippen LogP contribution in [0.2, 0.25) is 0 Å². The zero-order chi connectivity index (χ0) is 4.50. The molecular weight excluding hydrogens is 241 g/mol. The fourth-order valence-electron chi connectivity index (χ4n) is 0. The molecule has 0 unspecified atom stereocenters. The van der Waals surface area contributed by atoms with Crippen LogP contribution in [0.1, 0.15) is 0 Å². The van der Waals surface area contributed by atoms with E-state index in [0.29, 0.717) is 0 Å². The monoisotopic (exact) mass is 255 g/mol. The van der Waals surface area contributed by atoms with Crippen molar-refractivity contribution in [3.63, 3.8) is 0 Å². The van der Waals surface area contributed by atoms with Gasteiger partial charge >= 0.3 is 27.2 Å². The molecule has 0 rings (SSSR count). The normalized spacial score (nSPS) is 4.83. The van der Waals surface area contributed by atoms with E-state index in [1.165, 1.54) is 0 Å². The molecule has 0 fully saturated rings. The fourth-order valence-corrected chi connectivity index (χ4v) is 0. The van der Waals surface area contributed by atoms with Crippen molar-refractivity contribution >= 4 is 10.4 Å². The molecule has 10 nitrogen and oxygen atoms in total. The SMILES string of the molecule is O.O=S(=O)(O)O.[Co+3].[NH2-].[NH2-].[NH2-].[NH2-].[NH2-]. The van der Waals surface area contributed by atoms with Crippen LogP contribution in [-0.4, -0.2) is 23.0 Å². The second-order valence-corrected chi connectivity index (χ2v) is 1.34. The molecule has 0 saturated carbocycles. The average Bonchev–Trinajstić information content (AvgIpc) is 0.722. The van der Waals surface area contributed by atoms with Crippen LogP contribution in [0.3, 0.4) is 0 Å². The van der Waals surface area contributed by atoms with E-state index in [0.717, 1.165) is 0 Å². The summed E-state index contributed by atoms with van der Waals surface area (Å²) in [6, 6.07) is 0. The molecule has 0 radical (unpaired) electrons. The molecule has 14 N–H and O–H groups in total. The number of rotatable bonds is 0. The van der Waals surface area contributed by atoms with E-state index < -0.39 is 10.4 Å². The summed E-state index contributed by atoms with van der Waals surface area (Å²) in [6.07, 6.45) is 0. The predicted molar refractivity (Wildman–Crippen MR) is 44.2 cm³/mol. The maximum absolute atomic E-state index is 8.74. The summed E-state index contributed by atoms with van der Waals surface area (Å²) in [5.41, 5.74) is 0. The zero-order valence-corrected chi connectivity index (χ0v) is 7.70. The molecule has 86 valence electrons. The molecule has 0 spiro atoms. The van der Waals surface area contributed by atoms with Gasteiger partial charge in [0.1, 0.15) is 0 Å². The first-order valence-corrected chi connectivity index (χ1v) is 2.10. The van der Waals surface area contributed by atoms with Gasteiger partial charge in [0, 0.05) is 0 Å². The Morgan fingerprint density at radius 2 is 0.750 bits per heavy atom.